The number of hydrogen-bond donors (Lipinski definition) is 1. The molecule has 4 heteroatoms. The van der Waals surface area contributed by atoms with E-state index in [2.05, 4.69) is 17.4 Å². The maximum atomic E-state index is 5.85. The first-order chi connectivity index (χ1) is 7.84. The Morgan fingerprint density at radius 2 is 1.82 bits per heavy atom. The molecular weight excluding hydrogens is 273 g/mol. The Hall–Kier alpha value is 0.110. The Labute approximate surface area is 119 Å². The van der Waals surface area contributed by atoms with Gasteiger partial charge in [-0.25, -0.2) is 0 Å². The minimum atomic E-state index is 0. The molecular formula is C13H19Cl2NS. The Bertz CT molecular complexity index is 310. The van der Waals surface area contributed by atoms with Crippen molar-refractivity contribution in [3.8, 4) is 0 Å². The number of thioether (sulfide) groups is 1. The van der Waals surface area contributed by atoms with Crippen LogP contribution in [0.1, 0.15) is 19.3 Å². The zero-order valence-corrected chi connectivity index (χ0v) is 12.2. The molecule has 0 radical (unpaired) electrons. The summed E-state index contributed by atoms with van der Waals surface area (Å²) in [5, 5.41) is 4.23. The van der Waals surface area contributed by atoms with Crippen molar-refractivity contribution >= 4 is 35.8 Å². The van der Waals surface area contributed by atoms with Crippen LogP contribution in [0, 0.1) is 5.92 Å². The fourth-order valence-corrected chi connectivity index (χ4v) is 3.19. The second-order valence-corrected chi connectivity index (χ2v) is 5.89. The molecule has 0 unspecified atom stereocenters. The molecule has 0 amide bonds. The van der Waals surface area contributed by atoms with Crippen molar-refractivity contribution < 1.29 is 0 Å². The third-order valence-corrected chi connectivity index (χ3v) is 4.36. The van der Waals surface area contributed by atoms with E-state index in [9.17, 15) is 0 Å². The van der Waals surface area contributed by atoms with Crippen molar-refractivity contribution in [2.24, 2.45) is 5.92 Å². The van der Waals surface area contributed by atoms with Crippen molar-refractivity contribution in [3.05, 3.63) is 29.3 Å². The molecule has 1 aliphatic rings. The first-order valence-corrected chi connectivity index (χ1v) is 7.30. The minimum Gasteiger partial charge on any atom is -0.317 e. The van der Waals surface area contributed by atoms with Gasteiger partial charge in [-0.1, -0.05) is 11.6 Å². The first kappa shape index (κ1) is 15.2. The van der Waals surface area contributed by atoms with E-state index < -0.39 is 0 Å². The lowest BCUT2D eigenvalue weighted by Crippen LogP contribution is -2.27. The number of nitrogens with one attached hydrogen (secondary N) is 1. The lowest BCUT2D eigenvalue weighted by atomic mass is 9.96. The highest BCUT2D eigenvalue weighted by atomic mass is 35.5. The standard InChI is InChI=1S/C13H18ClNS.ClH/c14-12-1-3-13(4-2-12)16-10-7-11-5-8-15-9-6-11;/h1-4,11,15H,5-10H2;1H. The van der Waals surface area contributed by atoms with E-state index in [0.717, 1.165) is 10.9 Å². The fourth-order valence-electron chi connectivity index (χ4n) is 2.04. The summed E-state index contributed by atoms with van der Waals surface area (Å²) in [6.07, 6.45) is 4.04. The van der Waals surface area contributed by atoms with Gasteiger partial charge < -0.3 is 5.32 Å². The molecule has 1 aliphatic heterocycles. The fraction of sp³-hybridized carbons (Fsp3) is 0.538. The number of hydrogen-bond acceptors (Lipinski definition) is 2. The van der Waals surface area contributed by atoms with Gasteiger partial charge in [-0.2, -0.15) is 0 Å². The molecule has 96 valence electrons. The highest BCUT2D eigenvalue weighted by Gasteiger charge is 2.12. The van der Waals surface area contributed by atoms with Gasteiger partial charge in [0, 0.05) is 9.92 Å². The zero-order valence-electron chi connectivity index (χ0n) is 9.82. The van der Waals surface area contributed by atoms with Gasteiger partial charge in [0.15, 0.2) is 0 Å². The summed E-state index contributed by atoms with van der Waals surface area (Å²) in [6.45, 7) is 2.41. The molecule has 0 saturated carbocycles. The molecule has 1 aromatic carbocycles. The van der Waals surface area contributed by atoms with E-state index in [-0.39, 0.29) is 12.4 Å². The lowest BCUT2D eigenvalue weighted by Gasteiger charge is -2.22. The highest BCUT2D eigenvalue weighted by Crippen LogP contribution is 2.24. The van der Waals surface area contributed by atoms with Crippen LogP contribution in [0.5, 0.6) is 0 Å². The Kier molecular flexibility index (Phi) is 7.36. The third kappa shape index (κ3) is 5.52. The van der Waals surface area contributed by atoms with E-state index in [4.69, 9.17) is 11.6 Å². The summed E-state index contributed by atoms with van der Waals surface area (Å²) in [7, 11) is 0. The molecule has 2 rings (SSSR count). The maximum Gasteiger partial charge on any atom is 0.0406 e. The Morgan fingerprint density at radius 1 is 1.18 bits per heavy atom. The molecule has 1 saturated heterocycles. The minimum absolute atomic E-state index is 0. The number of rotatable bonds is 4. The summed E-state index contributed by atoms with van der Waals surface area (Å²) >= 11 is 7.79. The molecule has 17 heavy (non-hydrogen) atoms. The zero-order chi connectivity index (χ0) is 11.2. The molecule has 1 heterocycles. The van der Waals surface area contributed by atoms with Crippen molar-refractivity contribution in [2.75, 3.05) is 18.8 Å². The van der Waals surface area contributed by atoms with E-state index in [1.165, 1.54) is 43.0 Å². The van der Waals surface area contributed by atoms with Crippen LogP contribution in [0.2, 0.25) is 5.02 Å². The van der Waals surface area contributed by atoms with Gasteiger partial charge in [-0.05, 0) is 68.3 Å². The van der Waals surface area contributed by atoms with E-state index in [1.54, 1.807) is 0 Å². The molecule has 0 atom stereocenters. The third-order valence-electron chi connectivity index (χ3n) is 3.07. The van der Waals surface area contributed by atoms with Gasteiger partial charge in [0.25, 0.3) is 0 Å². The normalized spacial score (nSPS) is 16.5. The lowest BCUT2D eigenvalue weighted by molar-refractivity contribution is 0.367. The second kappa shape index (κ2) is 8.25. The van der Waals surface area contributed by atoms with Crippen molar-refractivity contribution in [3.63, 3.8) is 0 Å². The monoisotopic (exact) mass is 291 g/mol. The first-order valence-electron chi connectivity index (χ1n) is 5.94. The molecule has 1 fully saturated rings. The van der Waals surface area contributed by atoms with Crippen molar-refractivity contribution in [1.82, 2.24) is 5.32 Å². The average molecular weight is 292 g/mol. The summed E-state index contributed by atoms with van der Waals surface area (Å²) < 4.78 is 0. The van der Waals surface area contributed by atoms with Crippen LogP contribution in [-0.4, -0.2) is 18.8 Å². The summed E-state index contributed by atoms with van der Waals surface area (Å²) in [6, 6.07) is 8.15. The van der Waals surface area contributed by atoms with Crippen LogP contribution >= 0.6 is 35.8 Å². The van der Waals surface area contributed by atoms with Gasteiger partial charge in [0.1, 0.15) is 0 Å². The average Bonchev–Trinajstić information content (AvgIpc) is 2.33. The molecule has 1 N–H and O–H groups in total. The molecule has 0 bridgehead atoms. The predicted molar refractivity (Wildman–Crippen MR) is 79.6 cm³/mol. The topological polar surface area (TPSA) is 12.0 Å². The molecule has 1 nitrogen and oxygen atoms in total. The molecule has 0 spiro atoms. The van der Waals surface area contributed by atoms with Crippen LogP contribution in [0.25, 0.3) is 0 Å². The van der Waals surface area contributed by atoms with Crippen LogP contribution < -0.4 is 5.32 Å². The van der Waals surface area contributed by atoms with E-state index >= 15 is 0 Å². The van der Waals surface area contributed by atoms with Crippen LogP contribution in [0.15, 0.2) is 29.2 Å². The summed E-state index contributed by atoms with van der Waals surface area (Å²) in [4.78, 5) is 1.33. The maximum absolute atomic E-state index is 5.85. The predicted octanol–water partition coefficient (Wildman–Crippen LogP) is 4.24. The largest absolute Gasteiger partial charge is 0.317 e. The number of halogens is 2. The van der Waals surface area contributed by atoms with E-state index in [0.29, 0.717) is 0 Å². The van der Waals surface area contributed by atoms with Gasteiger partial charge in [-0.3, -0.25) is 0 Å². The van der Waals surface area contributed by atoms with Gasteiger partial charge in [0.05, 0.1) is 0 Å². The summed E-state index contributed by atoms with van der Waals surface area (Å²) in [5.41, 5.74) is 0. The Balaban J connectivity index is 0.00000144. The van der Waals surface area contributed by atoms with Crippen LogP contribution in [0.3, 0.4) is 0 Å². The molecule has 0 aromatic heterocycles. The van der Waals surface area contributed by atoms with Crippen molar-refractivity contribution in [1.29, 1.82) is 0 Å². The molecule has 0 aliphatic carbocycles. The number of benzene rings is 1. The second-order valence-electron chi connectivity index (χ2n) is 4.28. The van der Waals surface area contributed by atoms with Gasteiger partial charge in [0.2, 0.25) is 0 Å². The smallest absolute Gasteiger partial charge is 0.0406 e. The SMILES string of the molecule is Cl.Clc1ccc(SCCC2CCNCC2)cc1. The molecule has 1 aromatic rings. The van der Waals surface area contributed by atoms with Crippen LogP contribution in [0.4, 0.5) is 0 Å². The highest BCUT2D eigenvalue weighted by molar-refractivity contribution is 7.99. The van der Waals surface area contributed by atoms with Crippen molar-refractivity contribution in [2.45, 2.75) is 24.2 Å². The quantitative estimate of drug-likeness (QED) is 0.833. The van der Waals surface area contributed by atoms with Gasteiger partial charge in [-0.15, -0.1) is 24.2 Å². The Morgan fingerprint density at radius 3 is 2.47 bits per heavy atom. The summed E-state index contributed by atoms with van der Waals surface area (Å²) in [5.74, 6) is 2.16. The van der Waals surface area contributed by atoms with E-state index in [1.807, 2.05) is 23.9 Å². The van der Waals surface area contributed by atoms with Crippen LogP contribution in [-0.2, 0) is 0 Å². The number of piperidine rings is 1. The van der Waals surface area contributed by atoms with Gasteiger partial charge >= 0.3 is 0 Å².